The van der Waals surface area contributed by atoms with Gasteiger partial charge in [0.05, 0.1) is 7.11 Å². The summed E-state index contributed by atoms with van der Waals surface area (Å²) in [5.74, 6) is 0.674. The van der Waals surface area contributed by atoms with E-state index in [0.717, 1.165) is 25.5 Å². The minimum Gasteiger partial charge on any atom is -0.464 e. The first-order valence-electron chi connectivity index (χ1n) is 6.69. The number of carbonyl (C=O) groups is 1. The molecule has 106 valence electrons. The lowest BCUT2D eigenvalue weighted by molar-refractivity contribution is 0.0595. The number of aryl methyl sites for hydroxylation is 1. The Bertz CT molecular complexity index is 463. The van der Waals surface area contributed by atoms with Gasteiger partial charge >= 0.3 is 5.97 Å². The quantitative estimate of drug-likeness (QED) is 0.824. The summed E-state index contributed by atoms with van der Waals surface area (Å²) in [6.07, 6.45) is 2.52. The number of imidazole rings is 1. The third-order valence-corrected chi connectivity index (χ3v) is 3.79. The average Bonchev–Trinajstić information content (AvgIpc) is 3.01. The van der Waals surface area contributed by atoms with Crippen LogP contribution in [0.4, 0.5) is 5.82 Å². The van der Waals surface area contributed by atoms with E-state index in [-0.39, 0.29) is 5.69 Å². The van der Waals surface area contributed by atoms with Crippen molar-refractivity contribution in [2.45, 2.75) is 39.3 Å². The Kier molecular flexibility index (Phi) is 4.09. The Morgan fingerprint density at radius 1 is 1.47 bits per heavy atom. The smallest absolute Gasteiger partial charge is 0.360 e. The molecular formula is C13H22N4O2. The predicted octanol–water partition coefficient (Wildman–Crippen LogP) is 1.04. The predicted molar refractivity (Wildman–Crippen MR) is 73.0 cm³/mol. The van der Waals surface area contributed by atoms with Crippen LogP contribution in [-0.2, 0) is 11.3 Å². The van der Waals surface area contributed by atoms with Gasteiger partial charge in [0.2, 0.25) is 0 Å². The zero-order valence-electron chi connectivity index (χ0n) is 11.8. The number of hydrogen-bond donors (Lipinski definition) is 1. The number of nitrogens with zero attached hydrogens (tertiary/aromatic N) is 3. The lowest BCUT2D eigenvalue weighted by Crippen LogP contribution is -2.34. The summed E-state index contributed by atoms with van der Waals surface area (Å²) in [6.45, 7) is 7.07. The zero-order chi connectivity index (χ0) is 14.0. The van der Waals surface area contributed by atoms with Crippen molar-refractivity contribution in [3.8, 4) is 0 Å². The maximum Gasteiger partial charge on any atom is 0.360 e. The van der Waals surface area contributed by atoms with Crippen molar-refractivity contribution in [2.24, 2.45) is 0 Å². The Balaban J connectivity index is 2.15. The van der Waals surface area contributed by atoms with Gasteiger partial charge in [-0.1, -0.05) is 0 Å². The number of methoxy groups -OCH3 is 1. The van der Waals surface area contributed by atoms with Crippen LogP contribution in [-0.4, -0.2) is 46.7 Å². The highest BCUT2D eigenvalue weighted by atomic mass is 16.5. The molecule has 1 aliphatic heterocycles. The first-order chi connectivity index (χ1) is 9.04. The van der Waals surface area contributed by atoms with E-state index >= 15 is 0 Å². The number of hydrogen-bond acceptors (Lipinski definition) is 5. The van der Waals surface area contributed by atoms with Gasteiger partial charge in [0, 0.05) is 12.6 Å². The van der Waals surface area contributed by atoms with E-state index in [1.807, 2.05) is 11.5 Å². The summed E-state index contributed by atoms with van der Waals surface area (Å²) in [5, 5.41) is 0. The third kappa shape index (κ3) is 2.73. The van der Waals surface area contributed by atoms with E-state index in [9.17, 15) is 4.79 Å². The first kappa shape index (κ1) is 13.9. The Hall–Kier alpha value is -1.56. The SMILES string of the molecule is COC(=O)c1nc(C)n(CC(C)N2CCCC2)c1N. The van der Waals surface area contributed by atoms with E-state index in [1.54, 1.807) is 0 Å². The monoisotopic (exact) mass is 266 g/mol. The maximum atomic E-state index is 11.6. The molecule has 1 aromatic rings. The second kappa shape index (κ2) is 5.61. The molecule has 0 spiro atoms. The molecule has 0 saturated carbocycles. The normalized spacial score (nSPS) is 17.6. The molecule has 1 atom stereocenters. The van der Waals surface area contributed by atoms with Crippen LogP contribution in [0.5, 0.6) is 0 Å². The molecule has 1 saturated heterocycles. The molecule has 0 amide bonds. The number of carbonyl (C=O) groups excluding carboxylic acids is 1. The number of nitrogen functional groups attached to an aromatic ring is 1. The molecule has 19 heavy (non-hydrogen) atoms. The summed E-state index contributed by atoms with van der Waals surface area (Å²) in [5.41, 5.74) is 6.23. The van der Waals surface area contributed by atoms with Crippen molar-refractivity contribution in [3.05, 3.63) is 11.5 Å². The summed E-state index contributed by atoms with van der Waals surface area (Å²) in [4.78, 5) is 18.2. The van der Waals surface area contributed by atoms with Crippen LogP contribution < -0.4 is 5.73 Å². The number of esters is 1. The minimum atomic E-state index is -0.479. The van der Waals surface area contributed by atoms with Gasteiger partial charge in [-0.05, 0) is 39.8 Å². The van der Waals surface area contributed by atoms with Crippen molar-refractivity contribution >= 4 is 11.8 Å². The minimum absolute atomic E-state index is 0.216. The fourth-order valence-corrected chi connectivity index (χ4v) is 2.62. The van der Waals surface area contributed by atoms with Gasteiger partial charge in [0.25, 0.3) is 0 Å². The molecule has 0 aliphatic carbocycles. The third-order valence-electron chi connectivity index (χ3n) is 3.79. The maximum absolute atomic E-state index is 11.6. The fourth-order valence-electron chi connectivity index (χ4n) is 2.62. The van der Waals surface area contributed by atoms with Crippen molar-refractivity contribution in [2.75, 3.05) is 25.9 Å². The summed E-state index contributed by atoms with van der Waals surface area (Å²) in [7, 11) is 1.34. The van der Waals surface area contributed by atoms with Gasteiger partial charge in [0.1, 0.15) is 11.6 Å². The molecule has 1 fully saturated rings. The van der Waals surface area contributed by atoms with Crippen molar-refractivity contribution in [1.82, 2.24) is 14.5 Å². The average molecular weight is 266 g/mol. The Morgan fingerprint density at radius 2 is 2.11 bits per heavy atom. The van der Waals surface area contributed by atoms with Gasteiger partial charge in [0.15, 0.2) is 5.69 Å². The second-order valence-corrected chi connectivity index (χ2v) is 5.09. The van der Waals surface area contributed by atoms with Gasteiger partial charge in [-0.25, -0.2) is 9.78 Å². The molecular weight excluding hydrogens is 244 g/mol. The molecule has 1 unspecified atom stereocenters. The van der Waals surface area contributed by atoms with Crippen molar-refractivity contribution < 1.29 is 9.53 Å². The zero-order valence-corrected chi connectivity index (χ0v) is 11.8. The van der Waals surface area contributed by atoms with Crippen LogP contribution in [0.2, 0.25) is 0 Å². The van der Waals surface area contributed by atoms with Crippen LogP contribution in [0, 0.1) is 6.92 Å². The van der Waals surface area contributed by atoms with Gasteiger partial charge in [-0.15, -0.1) is 0 Å². The van der Waals surface area contributed by atoms with Crippen molar-refractivity contribution in [3.63, 3.8) is 0 Å². The number of nitrogens with two attached hydrogens (primary N) is 1. The van der Waals surface area contributed by atoms with E-state index in [1.165, 1.54) is 20.0 Å². The summed E-state index contributed by atoms with van der Waals surface area (Å²) < 4.78 is 6.58. The second-order valence-electron chi connectivity index (χ2n) is 5.09. The molecule has 6 nitrogen and oxygen atoms in total. The molecule has 2 N–H and O–H groups in total. The molecule has 2 rings (SSSR count). The number of anilines is 1. The number of ether oxygens (including phenoxy) is 1. The Morgan fingerprint density at radius 3 is 2.68 bits per heavy atom. The van der Waals surface area contributed by atoms with Gasteiger partial charge < -0.3 is 15.0 Å². The van der Waals surface area contributed by atoms with Crippen molar-refractivity contribution in [1.29, 1.82) is 0 Å². The van der Waals surface area contributed by atoms with Gasteiger partial charge in [-0.2, -0.15) is 0 Å². The molecule has 1 aliphatic rings. The topological polar surface area (TPSA) is 73.4 Å². The Labute approximate surface area is 113 Å². The lowest BCUT2D eigenvalue weighted by Gasteiger charge is -2.24. The van der Waals surface area contributed by atoms with Crippen LogP contribution in [0.25, 0.3) is 0 Å². The van der Waals surface area contributed by atoms with Crippen LogP contribution in [0.15, 0.2) is 0 Å². The van der Waals surface area contributed by atoms with E-state index in [4.69, 9.17) is 5.73 Å². The largest absolute Gasteiger partial charge is 0.464 e. The van der Waals surface area contributed by atoms with E-state index < -0.39 is 5.97 Å². The van der Waals surface area contributed by atoms with Crippen LogP contribution in [0.3, 0.4) is 0 Å². The summed E-state index contributed by atoms with van der Waals surface area (Å²) >= 11 is 0. The molecule has 0 aromatic carbocycles. The number of likely N-dealkylation sites (tertiary alicyclic amines) is 1. The number of aromatic nitrogens is 2. The van der Waals surface area contributed by atoms with Crippen LogP contribution in [0.1, 0.15) is 36.1 Å². The highest BCUT2D eigenvalue weighted by Gasteiger charge is 2.23. The van der Waals surface area contributed by atoms with Gasteiger partial charge in [-0.3, -0.25) is 4.90 Å². The first-order valence-corrected chi connectivity index (χ1v) is 6.69. The molecule has 0 radical (unpaired) electrons. The van der Waals surface area contributed by atoms with E-state index in [0.29, 0.717) is 11.9 Å². The molecule has 1 aromatic heterocycles. The molecule has 2 heterocycles. The molecule has 6 heteroatoms. The fraction of sp³-hybridized carbons (Fsp3) is 0.692. The highest BCUT2D eigenvalue weighted by molar-refractivity contribution is 5.92. The number of rotatable bonds is 4. The lowest BCUT2D eigenvalue weighted by atomic mass is 10.3. The van der Waals surface area contributed by atoms with Crippen LogP contribution >= 0.6 is 0 Å². The standard InChI is InChI=1S/C13H22N4O2/c1-9(16-6-4-5-7-16)8-17-10(2)15-11(12(17)14)13(18)19-3/h9H,4-8,14H2,1-3H3. The van der Waals surface area contributed by atoms with E-state index in [2.05, 4.69) is 21.5 Å². The molecule has 0 bridgehead atoms. The highest BCUT2D eigenvalue weighted by Crippen LogP contribution is 2.19. The summed E-state index contributed by atoms with van der Waals surface area (Å²) in [6, 6.07) is 0.392.